The van der Waals surface area contributed by atoms with Crippen LogP contribution in [0.5, 0.6) is 0 Å². The molecule has 1 saturated heterocycles. The topological polar surface area (TPSA) is 124 Å². The Bertz CT molecular complexity index is 1020. The molecule has 0 radical (unpaired) electrons. The summed E-state index contributed by atoms with van der Waals surface area (Å²) in [5.74, 6) is -0.429. The molecule has 3 N–H and O–H groups in total. The highest BCUT2D eigenvalue weighted by Gasteiger charge is 2.33. The van der Waals surface area contributed by atoms with Gasteiger partial charge in [-0.2, -0.15) is 0 Å². The third kappa shape index (κ3) is 5.11. The van der Waals surface area contributed by atoms with Crippen LogP contribution in [-0.2, 0) is 20.8 Å². The van der Waals surface area contributed by atoms with E-state index in [9.17, 15) is 19.2 Å². The van der Waals surface area contributed by atoms with Crippen LogP contribution >= 0.6 is 0 Å². The maximum atomic E-state index is 12.8. The van der Waals surface area contributed by atoms with Gasteiger partial charge in [-0.1, -0.05) is 19.1 Å². The Labute approximate surface area is 173 Å². The summed E-state index contributed by atoms with van der Waals surface area (Å²) >= 11 is 0. The van der Waals surface area contributed by atoms with E-state index >= 15 is 0 Å². The summed E-state index contributed by atoms with van der Waals surface area (Å²) in [6, 6.07) is 7.90. The van der Waals surface area contributed by atoms with Crippen molar-refractivity contribution in [2.75, 3.05) is 18.4 Å². The van der Waals surface area contributed by atoms with Crippen molar-refractivity contribution in [3.8, 4) is 11.4 Å². The molecule has 1 aliphatic rings. The van der Waals surface area contributed by atoms with Crippen molar-refractivity contribution in [3.63, 3.8) is 0 Å². The lowest BCUT2D eigenvalue weighted by atomic mass is 10.1. The number of carbonyl (C=O) groups excluding carboxylic acids is 3. The van der Waals surface area contributed by atoms with Crippen LogP contribution in [0.4, 0.5) is 5.69 Å². The van der Waals surface area contributed by atoms with E-state index in [0.717, 1.165) is 6.42 Å². The Morgan fingerprint density at radius 1 is 1.27 bits per heavy atom. The molecule has 1 atom stereocenters. The average molecular weight is 411 g/mol. The number of H-pyrrole nitrogens is 1. The summed E-state index contributed by atoms with van der Waals surface area (Å²) in [7, 11) is 0. The second kappa shape index (κ2) is 9.34. The van der Waals surface area contributed by atoms with E-state index in [1.54, 1.807) is 24.3 Å². The SMILES string of the molecule is CCc1cc(=O)[nH]c(-c2cccc(NC(=O)C3CCCN3C(=O)CNC(C)=O)c2)n1. The van der Waals surface area contributed by atoms with E-state index in [0.29, 0.717) is 42.2 Å². The number of rotatable bonds is 6. The smallest absolute Gasteiger partial charge is 0.251 e. The molecule has 0 spiro atoms. The van der Waals surface area contributed by atoms with Crippen LogP contribution in [0.2, 0.25) is 0 Å². The molecule has 1 aromatic heterocycles. The number of hydrogen-bond donors (Lipinski definition) is 3. The monoisotopic (exact) mass is 411 g/mol. The predicted octanol–water partition coefficient (Wildman–Crippen LogP) is 1.06. The second-order valence-electron chi connectivity index (χ2n) is 7.16. The van der Waals surface area contributed by atoms with Crippen molar-refractivity contribution >= 4 is 23.4 Å². The Kier molecular flexibility index (Phi) is 6.61. The molecule has 0 bridgehead atoms. The Balaban J connectivity index is 1.73. The summed E-state index contributed by atoms with van der Waals surface area (Å²) in [5, 5.41) is 5.32. The normalized spacial score (nSPS) is 15.7. The Morgan fingerprint density at radius 3 is 2.80 bits per heavy atom. The lowest BCUT2D eigenvalue weighted by Gasteiger charge is -2.24. The van der Waals surface area contributed by atoms with Crippen LogP contribution < -0.4 is 16.2 Å². The molecule has 3 rings (SSSR count). The van der Waals surface area contributed by atoms with Crippen molar-refractivity contribution in [1.82, 2.24) is 20.2 Å². The molecule has 1 aromatic carbocycles. The number of benzene rings is 1. The minimum Gasteiger partial charge on any atom is -0.347 e. The summed E-state index contributed by atoms with van der Waals surface area (Å²) in [5.41, 5.74) is 1.67. The first kappa shape index (κ1) is 21.2. The number of nitrogens with one attached hydrogen (secondary N) is 3. The standard InChI is InChI=1S/C21H25N5O4/c1-3-15-11-18(28)25-20(23-15)14-6-4-7-16(10-14)24-21(30)17-8-5-9-26(17)19(29)12-22-13(2)27/h4,6-7,10-11,17H,3,5,8-9,12H2,1-2H3,(H,22,27)(H,24,30)(H,23,25,28). The molecular weight excluding hydrogens is 386 g/mol. The molecule has 0 aliphatic carbocycles. The largest absolute Gasteiger partial charge is 0.347 e. The summed E-state index contributed by atoms with van der Waals surface area (Å²) in [4.78, 5) is 56.7. The maximum absolute atomic E-state index is 12.8. The quantitative estimate of drug-likeness (QED) is 0.656. The third-order valence-corrected chi connectivity index (χ3v) is 4.92. The molecule has 158 valence electrons. The number of amides is 3. The highest BCUT2D eigenvalue weighted by molar-refractivity contribution is 5.98. The first-order chi connectivity index (χ1) is 14.4. The minimum absolute atomic E-state index is 0.124. The van der Waals surface area contributed by atoms with Gasteiger partial charge in [0.25, 0.3) is 5.56 Å². The Morgan fingerprint density at radius 2 is 2.07 bits per heavy atom. The van der Waals surface area contributed by atoms with Gasteiger partial charge in [-0.15, -0.1) is 0 Å². The number of aromatic amines is 1. The van der Waals surface area contributed by atoms with Crippen molar-refractivity contribution in [3.05, 3.63) is 46.4 Å². The van der Waals surface area contributed by atoms with Gasteiger partial charge in [0, 0.05) is 36.5 Å². The van der Waals surface area contributed by atoms with Crippen LogP contribution in [0.15, 0.2) is 35.1 Å². The molecule has 1 fully saturated rings. The fourth-order valence-electron chi connectivity index (χ4n) is 3.44. The van der Waals surface area contributed by atoms with Gasteiger partial charge in [0.2, 0.25) is 17.7 Å². The number of likely N-dealkylation sites (tertiary alicyclic amines) is 1. The number of aryl methyl sites for hydroxylation is 1. The van der Waals surface area contributed by atoms with Crippen LogP contribution in [0, 0.1) is 0 Å². The molecule has 9 heteroatoms. The van der Waals surface area contributed by atoms with Gasteiger partial charge in [-0.05, 0) is 31.4 Å². The lowest BCUT2D eigenvalue weighted by molar-refractivity contribution is -0.136. The fraction of sp³-hybridized carbons (Fsp3) is 0.381. The van der Waals surface area contributed by atoms with Crippen LogP contribution in [-0.4, -0.2) is 51.7 Å². The third-order valence-electron chi connectivity index (χ3n) is 4.92. The first-order valence-electron chi connectivity index (χ1n) is 9.93. The van der Waals surface area contributed by atoms with Gasteiger partial charge < -0.3 is 20.5 Å². The Hall–Kier alpha value is -3.49. The molecule has 1 aliphatic heterocycles. The van der Waals surface area contributed by atoms with Crippen LogP contribution in [0.3, 0.4) is 0 Å². The van der Waals surface area contributed by atoms with Crippen LogP contribution in [0.1, 0.15) is 32.4 Å². The van der Waals surface area contributed by atoms with E-state index in [4.69, 9.17) is 0 Å². The maximum Gasteiger partial charge on any atom is 0.251 e. The molecule has 0 saturated carbocycles. The number of nitrogens with zero attached hydrogens (tertiary/aromatic N) is 2. The van der Waals surface area contributed by atoms with Crippen molar-refractivity contribution in [2.24, 2.45) is 0 Å². The van der Waals surface area contributed by atoms with Gasteiger partial charge in [0.15, 0.2) is 0 Å². The van der Waals surface area contributed by atoms with E-state index in [1.165, 1.54) is 17.9 Å². The zero-order chi connectivity index (χ0) is 21.7. The molecular formula is C21H25N5O4. The summed E-state index contributed by atoms with van der Waals surface area (Å²) in [6.45, 7) is 3.61. The second-order valence-corrected chi connectivity index (χ2v) is 7.16. The van der Waals surface area contributed by atoms with E-state index in [2.05, 4.69) is 20.6 Å². The van der Waals surface area contributed by atoms with Gasteiger partial charge in [-0.3, -0.25) is 19.2 Å². The molecule has 3 amide bonds. The lowest BCUT2D eigenvalue weighted by Crippen LogP contribution is -2.46. The van der Waals surface area contributed by atoms with Gasteiger partial charge in [0.05, 0.1) is 6.54 Å². The summed E-state index contributed by atoms with van der Waals surface area (Å²) in [6.07, 6.45) is 1.92. The van der Waals surface area contributed by atoms with Gasteiger partial charge in [0.1, 0.15) is 11.9 Å². The van der Waals surface area contributed by atoms with Gasteiger partial charge in [-0.25, -0.2) is 4.98 Å². The number of aromatic nitrogens is 2. The van der Waals surface area contributed by atoms with E-state index in [-0.39, 0.29) is 29.8 Å². The highest BCUT2D eigenvalue weighted by atomic mass is 16.2. The number of hydrogen-bond acceptors (Lipinski definition) is 5. The van der Waals surface area contributed by atoms with Gasteiger partial charge >= 0.3 is 0 Å². The van der Waals surface area contributed by atoms with Crippen molar-refractivity contribution in [2.45, 2.75) is 39.2 Å². The molecule has 2 heterocycles. The predicted molar refractivity (Wildman–Crippen MR) is 112 cm³/mol. The fourth-order valence-corrected chi connectivity index (χ4v) is 3.44. The highest BCUT2D eigenvalue weighted by Crippen LogP contribution is 2.22. The van der Waals surface area contributed by atoms with E-state index in [1.807, 2.05) is 6.92 Å². The number of carbonyl (C=O) groups is 3. The van der Waals surface area contributed by atoms with Crippen LogP contribution in [0.25, 0.3) is 11.4 Å². The van der Waals surface area contributed by atoms with Crippen molar-refractivity contribution in [1.29, 1.82) is 0 Å². The summed E-state index contributed by atoms with van der Waals surface area (Å²) < 4.78 is 0. The number of anilines is 1. The average Bonchev–Trinajstić information content (AvgIpc) is 3.22. The molecule has 9 nitrogen and oxygen atoms in total. The zero-order valence-corrected chi connectivity index (χ0v) is 17.0. The zero-order valence-electron chi connectivity index (χ0n) is 17.0. The first-order valence-corrected chi connectivity index (χ1v) is 9.93. The minimum atomic E-state index is -0.587. The van der Waals surface area contributed by atoms with Crippen molar-refractivity contribution < 1.29 is 14.4 Å². The molecule has 2 aromatic rings. The van der Waals surface area contributed by atoms with E-state index < -0.39 is 6.04 Å². The molecule has 30 heavy (non-hydrogen) atoms. The molecule has 1 unspecified atom stereocenters.